The van der Waals surface area contributed by atoms with E-state index in [2.05, 4.69) is 15.6 Å². The summed E-state index contributed by atoms with van der Waals surface area (Å²) in [6.45, 7) is 1.69. The van der Waals surface area contributed by atoms with Crippen molar-refractivity contribution in [2.24, 2.45) is 0 Å². The summed E-state index contributed by atoms with van der Waals surface area (Å²) in [5.41, 5.74) is 1.43. The van der Waals surface area contributed by atoms with E-state index >= 15 is 0 Å². The first-order valence-electron chi connectivity index (χ1n) is 10.1. The monoisotopic (exact) mass is 457 g/mol. The summed E-state index contributed by atoms with van der Waals surface area (Å²) in [6, 6.07) is 8.78. The number of cyclic esters (lactones) is 1. The van der Waals surface area contributed by atoms with Crippen molar-refractivity contribution in [2.75, 3.05) is 18.0 Å². The molecule has 11 heteroatoms. The van der Waals surface area contributed by atoms with E-state index in [9.17, 15) is 18.4 Å². The molecule has 0 saturated carbocycles. The molecule has 1 saturated heterocycles. The zero-order valence-electron chi connectivity index (χ0n) is 17.7. The van der Waals surface area contributed by atoms with E-state index in [0.717, 1.165) is 22.6 Å². The van der Waals surface area contributed by atoms with Crippen LogP contribution in [0.15, 0.2) is 42.6 Å². The van der Waals surface area contributed by atoms with Crippen LogP contribution in [0, 0.1) is 11.6 Å². The number of carbonyl (C=O) groups excluding carboxylic acids is 2. The summed E-state index contributed by atoms with van der Waals surface area (Å²) < 4.78 is 36.5. The average Bonchev–Trinajstić information content (AvgIpc) is 3.39. The molecule has 1 aliphatic rings. The SMILES string of the molecule is CC(=O)NCC1CN(c2cc(F)c(-c3ccc(Cn4cc(CO)nn4)cc3)c(F)c2)C(=O)O1. The fraction of sp³-hybridized carbons (Fsp3) is 0.273. The average molecular weight is 457 g/mol. The normalized spacial score (nSPS) is 15.6. The van der Waals surface area contributed by atoms with Gasteiger partial charge in [-0.1, -0.05) is 29.5 Å². The third-order valence-electron chi connectivity index (χ3n) is 5.13. The maximum atomic E-state index is 14.9. The van der Waals surface area contributed by atoms with Gasteiger partial charge < -0.3 is 15.2 Å². The van der Waals surface area contributed by atoms with Gasteiger partial charge >= 0.3 is 6.09 Å². The number of halogens is 2. The van der Waals surface area contributed by atoms with Gasteiger partial charge in [0.05, 0.1) is 43.7 Å². The summed E-state index contributed by atoms with van der Waals surface area (Å²) >= 11 is 0. The Bertz CT molecular complexity index is 1160. The molecule has 1 aromatic heterocycles. The maximum absolute atomic E-state index is 14.9. The van der Waals surface area contributed by atoms with Gasteiger partial charge in [0.25, 0.3) is 0 Å². The molecule has 1 atom stereocenters. The Labute approximate surface area is 187 Å². The van der Waals surface area contributed by atoms with E-state index in [-0.39, 0.29) is 36.9 Å². The second-order valence-corrected chi connectivity index (χ2v) is 7.60. The van der Waals surface area contributed by atoms with Crippen molar-refractivity contribution in [3.63, 3.8) is 0 Å². The number of benzene rings is 2. The van der Waals surface area contributed by atoms with Crippen LogP contribution in [0.1, 0.15) is 18.2 Å². The number of nitrogens with one attached hydrogen (secondary N) is 1. The van der Waals surface area contributed by atoms with Gasteiger partial charge in [0.1, 0.15) is 23.4 Å². The zero-order chi connectivity index (χ0) is 23.5. The van der Waals surface area contributed by atoms with Crippen LogP contribution in [0.5, 0.6) is 0 Å². The topological polar surface area (TPSA) is 110 Å². The number of amides is 2. The lowest BCUT2D eigenvalue weighted by Crippen LogP contribution is -2.33. The summed E-state index contributed by atoms with van der Waals surface area (Å²) in [5, 5.41) is 19.3. The number of nitrogens with zero attached hydrogens (tertiary/aromatic N) is 4. The van der Waals surface area contributed by atoms with Crippen molar-refractivity contribution in [1.29, 1.82) is 0 Å². The smallest absolute Gasteiger partial charge is 0.414 e. The third kappa shape index (κ3) is 4.98. The number of anilines is 1. The molecule has 4 rings (SSSR count). The van der Waals surface area contributed by atoms with Crippen molar-refractivity contribution in [2.45, 2.75) is 26.2 Å². The summed E-state index contributed by atoms with van der Waals surface area (Å²) in [6.07, 6.45) is 0.257. The van der Waals surface area contributed by atoms with Crippen molar-refractivity contribution in [3.05, 3.63) is 65.5 Å². The molecule has 1 unspecified atom stereocenters. The van der Waals surface area contributed by atoms with Crippen LogP contribution in [0.3, 0.4) is 0 Å². The standard InChI is InChI=1S/C22H21F2N5O4/c1-13(31)25-8-18-11-29(22(32)33-18)17-6-19(23)21(20(24)7-17)15-4-2-14(3-5-15)9-28-10-16(12-30)26-27-28/h2-7,10,18,30H,8-9,11-12H2,1H3,(H,25,31). The van der Waals surface area contributed by atoms with Crippen molar-refractivity contribution in [3.8, 4) is 11.1 Å². The summed E-state index contributed by atoms with van der Waals surface area (Å²) in [4.78, 5) is 24.3. The lowest BCUT2D eigenvalue weighted by atomic mass is 10.0. The second kappa shape index (κ2) is 9.33. The number of hydrogen-bond donors (Lipinski definition) is 2. The first-order chi connectivity index (χ1) is 15.8. The molecule has 0 radical (unpaired) electrons. The van der Waals surface area contributed by atoms with E-state index in [1.54, 1.807) is 35.1 Å². The van der Waals surface area contributed by atoms with E-state index in [1.807, 2.05) is 0 Å². The van der Waals surface area contributed by atoms with E-state index in [1.165, 1.54) is 6.92 Å². The number of ether oxygens (including phenoxy) is 1. The highest BCUT2D eigenvalue weighted by atomic mass is 19.1. The lowest BCUT2D eigenvalue weighted by molar-refractivity contribution is -0.119. The van der Waals surface area contributed by atoms with Gasteiger partial charge in [0.15, 0.2) is 0 Å². The molecular weight excluding hydrogens is 436 g/mol. The predicted molar refractivity (Wildman–Crippen MR) is 113 cm³/mol. The van der Waals surface area contributed by atoms with E-state index in [4.69, 9.17) is 9.84 Å². The number of hydrogen-bond acceptors (Lipinski definition) is 6. The first-order valence-corrected chi connectivity index (χ1v) is 10.1. The minimum absolute atomic E-state index is 0.0339. The van der Waals surface area contributed by atoms with Crippen LogP contribution >= 0.6 is 0 Å². The van der Waals surface area contributed by atoms with Crippen molar-refractivity contribution in [1.82, 2.24) is 20.3 Å². The van der Waals surface area contributed by atoms with Crippen molar-refractivity contribution >= 4 is 17.7 Å². The molecule has 172 valence electrons. The quantitative estimate of drug-likeness (QED) is 0.563. The minimum atomic E-state index is -0.820. The molecule has 3 aromatic rings. The molecule has 1 fully saturated rings. The molecule has 2 N–H and O–H groups in total. The fourth-order valence-electron chi connectivity index (χ4n) is 3.54. The van der Waals surface area contributed by atoms with E-state index in [0.29, 0.717) is 17.8 Å². The van der Waals surface area contributed by atoms with Crippen LogP contribution in [-0.4, -0.2) is 51.3 Å². The van der Waals surface area contributed by atoms with Crippen LogP contribution in [0.25, 0.3) is 11.1 Å². The van der Waals surface area contributed by atoms with Gasteiger partial charge in [-0.15, -0.1) is 5.10 Å². The molecule has 0 bridgehead atoms. The zero-order valence-corrected chi connectivity index (χ0v) is 17.7. The summed E-state index contributed by atoms with van der Waals surface area (Å²) in [7, 11) is 0. The third-order valence-corrected chi connectivity index (χ3v) is 5.13. The van der Waals surface area contributed by atoms with Gasteiger partial charge in [0.2, 0.25) is 5.91 Å². The number of rotatable bonds is 7. The lowest BCUT2D eigenvalue weighted by Gasteiger charge is -2.15. The van der Waals surface area contributed by atoms with Gasteiger partial charge in [0, 0.05) is 6.92 Å². The molecule has 2 heterocycles. The Hall–Kier alpha value is -3.86. The van der Waals surface area contributed by atoms with E-state index < -0.39 is 23.8 Å². The highest BCUT2D eigenvalue weighted by molar-refractivity contribution is 5.90. The minimum Gasteiger partial charge on any atom is -0.442 e. The Balaban J connectivity index is 1.50. The molecular formula is C22H21F2N5O4. The largest absolute Gasteiger partial charge is 0.442 e. The Morgan fingerprint density at radius 1 is 1.24 bits per heavy atom. The van der Waals surface area contributed by atoms with Crippen LogP contribution in [0.4, 0.5) is 19.3 Å². The molecule has 0 aliphatic carbocycles. The number of aliphatic hydroxyl groups is 1. The van der Waals surface area contributed by atoms with Crippen molar-refractivity contribution < 1.29 is 28.2 Å². The second-order valence-electron chi connectivity index (χ2n) is 7.60. The van der Waals surface area contributed by atoms with Crippen LogP contribution in [0.2, 0.25) is 0 Å². The molecule has 0 spiro atoms. The molecule has 2 amide bonds. The molecule has 9 nitrogen and oxygen atoms in total. The molecule has 2 aromatic carbocycles. The van der Waals surface area contributed by atoms with Gasteiger partial charge in [-0.3, -0.25) is 9.69 Å². The maximum Gasteiger partial charge on any atom is 0.414 e. The first kappa shape index (κ1) is 22.3. The highest BCUT2D eigenvalue weighted by Gasteiger charge is 2.33. The Morgan fingerprint density at radius 2 is 1.94 bits per heavy atom. The molecule has 1 aliphatic heterocycles. The highest BCUT2D eigenvalue weighted by Crippen LogP contribution is 2.32. The number of carbonyl (C=O) groups is 2. The Morgan fingerprint density at radius 3 is 2.55 bits per heavy atom. The molecule has 33 heavy (non-hydrogen) atoms. The van der Waals surface area contributed by atoms with Gasteiger partial charge in [-0.2, -0.15) is 0 Å². The van der Waals surface area contributed by atoms with Crippen LogP contribution in [-0.2, 0) is 22.7 Å². The number of aliphatic hydroxyl groups excluding tert-OH is 1. The number of aromatic nitrogens is 3. The van der Waals surface area contributed by atoms with Gasteiger partial charge in [-0.25, -0.2) is 18.3 Å². The summed E-state index contributed by atoms with van der Waals surface area (Å²) in [5.74, 6) is -1.91. The Kier molecular flexibility index (Phi) is 6.31. The van der Waals surface area contributed by atoms with Crippen LogP contribution < -0.4 is 10.2 Å². The fourth-order valence-corrected chi connectivity index (χ4v) is 3.54. The van der Waals surface area contributed by atoms with Gasteiger partial charge in [-0.05, 0) is 23.3 Å². The predicted octanol–water partition coefficient (Wildman–Crippen LogP) is 2.23.